The van der Waals surface area contributed by atoms with Crippen molar-refractivity contribution in [3.8, 4) is 0 Å². The fourth-order valence-corrected chi connectivity index (χ4v) is 2.42. The maximum absolute atomic E-state index is 13.1. The lowest BCUT2D eigenvalue weighted by molar-refractivity contribution is 0.224. The van der Waals surface area contributed by atoms with Gasteiger partial charge in [-0.25, -0.2) is 4.39 Å². The lowest BCUT2D eigenvalue weighted by Gasteiger charge is -2.11. The van der Waals surface area contributed by atoms with E-state index in [-0.39, 0.29) is 0 Å². The molecule has 2 aromatic rings. The zero-order valence-electron chi connectivity index (χ0n) is 8.77. The smallest absolute Gasteiger partial charge is 0.123 e. The number of hydrogen-bond acceptors (Lipinski definition) is 3. The summed E-state index contributed by atoms with van der Waals surface area (Å²) in [6, 6.07) is 7.77. The molecule has 3 N–H and O–H groups in total. The highest BCUT2D eigenvalue weighted by Crippen LogP contribution is 2.31. The second-order valence-corrected chi connectivity index (χ2v) is 4.94. The summed E-state index contributed by atoms with van der Waals surface area (Å²) < 4.78 is 13.1. The number of aliphatic hydroxyl groups excluding tert-OH is 1. The summed E-state index contributed by atoms with van der Waals surface area (Å²) in [4.78, 5) is 1.87. The van der Waals surface area contributed by atoms with Crippen LogP contribution in [0.3, 0.4) is 0 Å². The maximum atomic E-state index is 13.1. The number of aliphatic hydroxyl groups is 1. The Morgan fingerprint density at radius 1 is 1.31 bits per heavy atom. The Labute approximate surface area is 97.2 Å². The first-order chi connectivity index (χ1) is 7.58. The van der Waals surface area contributed by atoms with Crippen LogP contribution < -0.4 is 5.73 Å². The van der Waals surface area contributed by atoms with E-state index in [0.29, 0.717) is 11.3 Å². The topological polar surface area (TPSA) is 46.2 Å². The molecule has 1 unspecified atom stereocenters. The van der Waals surface area contributed by atoms with Gasteiger partial charge in [-0.2, -0.15) is 0 Å². The Balaban J connectivity index is 2.40. The van der Waals surface area contributed by atoms with Crippen molar-refractivity contribution in [2.24, 2.45) is 0 Å². The fourth-order valence-electron chi connectivity index (χ4n) is 1.54. The van der Waals surface area contributed by atoms with Crippen molar-refractivity contribution < 1.29 is 9.50 Å². The number of rotatable bonds is 2. The third-order valence-electron chi connectivity index (χ3n) is 2.37. The molecule has 1 heterocycles. The van der Waals surface area contributed by atoms with Crippen LogP contribution in [-0.2, 0) is 0 Å². The average molecular weight is 237 g/mol. The number of aryl methyl sites for hydroxylation is 1. The van der Waals surface area contributed by atoms with Gasteiger partial charge in [0.1, 0.15) is 11.9 Å². The van der Waals surface area contributed by atoms with Crippen LogP contribution in [0, 0.1) is 12.7 Å². The molecule has 4 heteroatoms. The number of benzene rings is 1. The van der Waals surface area contributed by atoms with E-state index in [1.807, 2.05) is 19.1 Å². The monoisotopic (exact) mass is 237 g/mol. The van der Waals surface area contributed by atoms with Gasteiger partial charge >= 0.3 is 0 Å². The highest BCUT2D eigenvalue weighted by molar-refractivity contribution is 7.12. The first kappa shape index (κ1) is 11.1. The highest BCUT2D eigenvalue weighted by Gasteiger charge is 2.15. The third-order valence-corrected chi connectivity index (χ3v) is 3.43. The molecule has 1 aromatic heterocycles. The average Bonchev–Trinajstić information content (AvgIpc) is 2.67. The SMILES string of the molecule is Cc1ccc(C(O)c2cc(F)ccc2N)s1. The van der Waals surface area contributed by atoms with Crippen LogP contribution in [0.2, 0.25) is 0 Å². The molecule has 0 aliphatic rings. The van der Waals surface area contributed by atoms with Crippen molar-refractivity contribution in [1.82, 2.24) is 0 Å². The van der Waals surface area contributed by atoms with Crippen LogP contribution in [0.1, 0.15) is 21.4 Å². The standard InChI is InChI=1S/C12H12FNOS/c1-7-2-5-11(16-7)12(15)9-6-8(13)3-4-10(9)14/h2-6,12,15H,14H2,1H3. The molecule has 0 aliphatic carbocycles. The minimum absolute atomic E-state index is 0.392. The summed E-state index contributed by atoms with van der Waals surface area (Å²) in [5, 5.41) is 10.1. The van der Waals surface area contributed by atoms with E-state index in [9.17, 15) is 9.50 Å². The molecule has 1 atom stereocenters. The Morgan fingerprint density at radius 3 is 2.69 bits per heavy atom. The summed E-state index contributed by atoms with van der Waals surface area (Å²) in [5.41, 5.74) is 6.53. The molecular weight excluding hydrogens is 225 g/mol. The van der Waals surface area contributed by atoms with Crippen LogP contribution in [0.5, 0.6) is 0 Å². The molecule has 2 rings (SSSR count). The van der Waals surface area contributed by atoms with E-state index in [1.54, 1.807) is 0 Å². The van der Waals surface area contributed by atoms with Gasteiger partial charge in [0.05, 0.1) is 0 Å². The van der Waals surface area contributed by atoms with Gasteiger partial charge in [-0.05, 0) is 37.3 Å². The third kappa shape index (κ3) is 2.08. The van der Waals surface area contributed by atoms with E-state index in [1.165, 1.54) is 29.5 Å². The van der Waals surface area contributed by atoms with E-state index >= 15 is 0 Å². The summed E-state index contributed by atoms with van der Waals surface area (Å²) in [7, 11) is 0. The van der Waals surface area contributed by atoms with Gasteiger partial charge in [0.2, 0.25) is 0 Å². The predicted octanol–water partition coefficient (Wildman–Crippen LogP) is 2.86. The molecule has 2 nitrogen and oxygen atoms in total. The molecule has 0 amide bonds. The summed E-state index contributed by atoms with van der Waals surface area (Å²) in [6.07, 6.45) is -0.852. The van der Waals surface area contributed by atoms with Crippen molar-refractivity contribution in [2.75, 3.05) is 5.73 Å². The van der Waals surface area contributed by atoms with Crippen molar-refractivity contribution in [1.29, 1.82) is 0 Å². The van der Waals surface area contributed by atoms with Gasteiger partial charge in [0.15, 0.2) is 0 Å². The lowest BCUT2D eigenvalue weighted by Crippen LogP contribution is -2.02. The minimum atomic E-state index is -0.852. The van der Waals surface area contributed by atoms with Crippen LogP contribution in [0.15, 0.2) is 30.3 Å². The van der Waals surface area contributed by atoms with Crippen LogP contribution in [-0.4, -0.2) is 5.11 Å². The number of halogens is 1. The Hall–Kier alpha value is -1.39. The van der Waals surface area contributed by atoms with Gasteiger partial charge in [0.25, 0.3) is 0 Å². The van der Waals surface area contributed by atoms with Crippen molar-refractivity contribution in [3.63, 3.8) is 0 Å². The van der Waals surface area contributed by atoms with E-state index in [2.05, 4.69) is 0 Å². The Bertz CT molecular complexity index is 509. The molecule has 0 bridgehead atoms. The molecule has 0 saturated heterocycles. The van der Waals surface area contributed by atoms with Crippen molar-refractivity contribution >= 4 is 17.0 Å². The highest BCUT2D eigenvalue weighted by atomic mass is 32.1. The molecule has 0 radical (unpaired) electrons. The lowest BCUT2D eigenvalue weighted by atomic mass is 10.1. The molecule has 0 saturated carbocycles. The van der Waals surface area contributed by atoms with E-state index < -0.39 is 11.9 Å². The Morgan fingerprint density at radius 2 is 2.06 bits per heavy atom. The van der Waals surface area contributed by atoms with Gasteiger partial charge in [0, 0.05) is 21.0 Å². The largest absolute Gasteiger partial charge is 0.398 e. The minimum Gasteiger partial charge on any atom is -0.398 e. The summed E-state index contributed by atoms with van der Waals surface area (Å²) in [5.74, 6) is -0.392. The molecule has 0 fully saturated rings. The van der Waals surface area contributed by atoms with Gasteiger partial charge in [-0.15, -0.1) is 11.3 Å². The maximum Gasteiger partial charge on any atom is 0.123 e. The van der Waals surface area contributed by atoms with Crippen LogP contribution in [0.25, 0.3) is 0 Å². The summed E-state index contributed by atoms with van der Waals surface area (Å²) >= 11 is 1.48. The molecule has 0 spiro atoms. The molecule has 16 heavy (non-hydrogen) atoms. The molecule has 84 valence electrons. The number of nitrogens with two attached hydrogens (primary N) is 1. The molecule has 0 aliphatic heterocycles. The van der Waals surface area contributed by atoms with Crippen molar-refractivity contribution in [3.05, 3.63) is 51.5 Å². The second kappa shape index (κ2) is 4.23. The second-order valence-electron chi connectivity index (χ2n) is 3.62. The number of nitrogen functional groups attached to an aromatic ring is 1. The van der Waals surface area contributed by atoms with Gasteiger partial charge < -0.3 is 10.8 Å². The first-order valence-electron chi connectivity index (χ1n) is 4.87. The van der Waals surface area contributed by atoms with Crippen LogP contribution >= 0.6 is 11.3 Å². The summed E-state index contributed by atoms with van der Waals surface area (Å²) in [6.45, 7) is 1.95. The van der Waals surface area contributed by atoms with E-state index in [4.69, 9.17) is 5.73 Å². The molecule has 1 aromatic carbocycles. The zero-order chi connectivity index (χ0) is 11.7. The zero-order valence-corrected chi connectivity index (χ0v) is 9.59. The first-order valence-corrected chi connectivity index (χ1v) is 5.69. The number of anilines is 1. The number of thiophene rings is 1. The fraction of sp³-hybridized carbons (Fsp3) is 0.167. The van der Waals surface area contributed by atoms with Crippen molar-refractivity contribution in [2.45, 2.75) is 13.0 Å². The quantitative estimate of drug-likeness (QED) is 0.789. The Kier molecular flexibility index (Phi) is 2.94. The predicted molar refractivity (Wildman–Crippen MR) is 63.9 cm³/mol. The van der Waals surface area contributed by atoms with Gasteiger partial charge in [-0.1, -0.05) is 0 Å². The number of hydrogen-bond donors (Lipinski definition) is 2. The molecular formula is C12H12FNOS. The van der Waals surface area contributed by atoms with E-state index in [0.717, 1.165) is 9.75 Å². The normalized spacial score (nSPS) is 12.7. The van der Waals surface area contributed by atoms with Crippen LogP contribution in [0.4, 0.5) is 10.1 Å². The van der Waals surface area contributed by atoms with Gasteiger partial charge in [-0.3, -0.25) is 0 Å².